The molecule has 0 saturated carbocycles. The zero-order chi connectivity index (χ0) is 19.8. The highest BCUT2D eigenvalue weighted by Crippen LogP contribution is 2.42. The van der Waals surface area contributed by atoms with Crippen molar-refractivity contribution in [3.63, 3.8) is 0 Å². The van der Waals surface area contributed by atoms with Crippen LogP contribution >= 0.6 is 0 Å². The first-order chi connectivity index (χ1) is 13.6. The van der Waals surface area contributed by atoms with E-state index in [1.165, 1.54) is 20.5 Å². The van der Waals surface area contributed by atoms with Gasteiger partial charge in [-0.1, -0.05) is 0 Å². The van der Waals surface area contributed by atoms with E-state index in [0.717, 1.165) is 0 Å². The van der Waals surface area contributed by atoms with E-state index in [1.807, 2.05) is 4.90 Å². The molecule has 4 rings (SSSR count). The summed E-state index contributed by atoms with van der Waals surface area (Å²) in [6, 6.07) is 1.69. The normalized spacial score (nSPS) is 15.2. The molecule has 28 heavy (non-hydrogen) atoms. The van der Waals surface area contributed by atoms with Gasteiger partial charge >= 0.3 is 0 Å². The van der Waals surface area contributed by atoms with Crippen molar-refractivity contribution in [3.05, 3.63) is 33.9 Å². The van der Waals surface area contributed by atoms with Crippen LogP contribution in [-0.4, -0.2) is 57.8 Å². The fourth-order valence-corrected chi connectivity index (χ4v) is 3.67. The summed E-state index contributed by atoms with van der Waals surface area (Å²) >= 11 is 0. The minimum atomic E-state index is -0.435. The maximum Gasteiger partial charge on any atom is 0.207 e. The molecule has 0 aliphatic carbocycles. The van der Waals surface area contributed by atoms with Crippen molar-refractivity contribution in [2.75, 3.05) is 47.1 Å². The molecule has 2 aromatic heterocycles. The van der Waals surface area contributed by atoms with Crippen molar-refractivity contribution in [3.8, 4) is 11.5 Å². The Kier molecular flexibility index (Phi) is 4.82. The van der Waals surface area contributed by atoms with Crippen LogP contribution in [0, 0.1) is 6.92 Å². The number of hydrogen-bond donors (Lipinski definition) is 0. The average molecular weight is 387 g/mol. The smallest absolute Gasteiger partial charge is 0.207 e. The van der Waals surface area contributed by atoms with E-state index in [0.29, 0.717) is 48.8 Å². The predicted molar refractivity (Wildman–Crippen MR) is 102 cm³/mol. The predicted octanol–water partition coefficient (Wildman–Crippen LogP) is 2.38. The first-order valence-electron chi connectivity index (χ1n) is 8.98. The summed E-state index contributed by atoms with van der Waals surface area (Å²) in [5, 5.41) is 0.749. The monoisotopic (exact) mass is 387 g/mol. The first-order valence-corrected chi connectivity index (χ1v) is 8.98. The number of methoxy groups -OCH3 is 2. The number of morpholine rings is 1. The van der Waals surface area contributed by atoms with E-state index in [1.54, 1.807) is 13.0 Å². The van der Waals surface area contributed by atoms with E-state index in [4.69, 9.17) is 23.0 Å². The van der Waals surface area contributed by atoms with Gasteiger partial charge in [0.1, 0.15) is 22.5 Å². The van der Waals surface area contributed by atoms with Gasteiger partial charge in [0.05, 0.1) is 45.6 Å². The molecule has 1 aromatic carbocycles. The molecule has 0 amide bonds. The Bertz CT molecular complexity index is 1110. The van der Waals surface area contributed by atoms with Crippen molar-refractivity contribution in [2.45, 2.75) is 6.92 Å². The Labute approximate surface area is 160 Å². The second kappa shape index (κ2) is 7.29. The summed E-state index contributed by atoms with van der Waals surface area (Å²) in [7, 11) is 2.93. The second-order valence-corrected chi connectivity index (χ2v) is 6.61. The number of hydrogen-bond acceptors (Lipinski definition) is 8. The number of rotatable bonds is 5. The summed E-state index contributed by atoms with van der Waals surface area (Å²) in [6.07, 6.45) is 1.48. The highest BCUT2D eigenvalue weighted by atomic mass is 16.5. The maximum absolute atomic E-state index is 13.4. The number of Topliss-reactive ketones (excluding diaryl/α,β-unsaturated/α-hetero) is 1. The van der Waals surface area contributed by atoms with Crippen LogP contribution in [0.15, 0.2) is 26.0 Å². The second-order valence-electron chi connectivity index (χ2n) is 6.61. The lowest BCUT2D eigenvalue weighted by Gasteiger charge is -2.25. The van der Waals surface area contributed by atoms with Crippen molar-refractivity contribution in [2.24, 2.45) is 0 Å². The van der Waals surface area contributed by atoms with Crippen LogP contribution < -0.4 is 14.9 Å². The van der Waals surface area contributed by atoms with Crippen LogP contribution in [0.4, 0.5) is 0 Å². The Morgan fingerprint density at radius 2 is 1.86 bits per heavy atom. The van der Waals surface area contributed by atoms with Crippen LogP contribution in [0.3, 0.4) is 0 Å². The molecular weight excluding hydrogens is 366 g/mol. The molecule has 148 valence electrons. The van der Waals surface area contributed by atoms with E-state index in [9.17, 15) is 9.59 Å². The van der Waals surface area contributed by atoms with Crippen LogP contribution in [-0.2, 0) is 4.74 Å². The molecule has 3 aromatic rings. The number of fused-ring (bicyclic) bond motifs is 2. The minimum Gasteiger partial charge on any atom is -0.495 e. The summed E-state index contributed by atoms with van der Waals surface area (Å²) in [4.78, 5) is 28.3. The minimum absolute atomic E-state index is 0.0298. The molecule has 0 unspecified atom stereocenters. The van der Waals surface area contributed by atoms with Crippen molar-refractivity contribution >= 4 is 27.7 Å². The van der Waals surface area contributed by atoms with Gasteiger partial charge in [-0.05, 0) is 13.0 Å². The van der Waals surface area contributed by atoms with Gasteiger partial charge in [0.2, 0.25) is 11.2 Å². The van der Waals surface area contributed by atoms with Crippen molar-refractivity contribution in [1.29, 1.82) is 0 Å². The number of benzene rings is 1. The van der Waals surface area contributed by atoms with Crippen LogP contribution in [0.1, 0.15) is 16.1 Å². The average Bonchev–Trinajstić information content (AvgIpc) is 3.16. The molecule has 1 aliphatic rings. The van der Waals surface area contributed by atoms with E-state index >= 15 is 0 Å². The van der Waals surface area contributed by atoms with Crippen molar-refractivity contribution < 1.29 is 27.8 Å². The van der Waals surface area contributed by atoms with Gasteiger partial charge in [-0.3, -0.25) is 14.5 Å². The quantitative estimate of drug-likeness (QED) is 0.616. The lowest BCUT2D eigenvalue weighted by atomic mass is 10.0. The number of nitrogens with zero attached hydrogens (tertiary/aromatic N) is 1. The molecule has 8 heteroatoms. The molecular formula is C20H21NO7. The molecule has 0 N–H and O–H groups in total. The number of carbonyl (C=O) groups is 1. The fourth-order valence-electron chi connectivity index (χ4n) is 3.67. The number of furan rings is 1. The van der Waals surface area contributed by atoms with Crippen LogP contribution in [0.2, 0.25) is 0 Å². The molecule has 0 bridgehead atoms. The standard InChI is InChI=1S/C20H21NO7/c1-11-14(13(22)10-21-5-8-26-9-6-21)16(23)15-17(24-2)12-4-7-27-18(12)20(25-3)19(15)28-11/h4,7H,5-6,8-10H2,1-3H3. The molecule has 1 saturated heterocycles. The van der Waals surface area contributed by atoms with E-state index < -0.39 is 5.43 Å². The molecule has 8 nitrogen and oxygen atoms in total. The van der Waals surface area contributed by atoms with Crippen molar-refractivity contribution in [1.82, 2.24) is 4.90 Å². The van der Waals surface area contributed by atoms with Crippen LogP contribution in [0.5, 0.6) is 11.5 Å². The third kappa shape index (κ3) is 2.85. The SMILES string of the molecule is COc1c2occc2c(OC)c2c(=O)c(C(=O)CN3CCOCC3)c(C)oc12. The fraction of sp³-hybridized carbons (Fsp3) is 0.400. The van der Waals surface area contributed by atoms with Gasteiger partial charge in [0.15, 0.2) is 16.9 Å². The number of carbonyl (C=O) groups excluding carboxylic acids is 1. The molecule has 0 spiro atoms. The Morgan fingerprint density at radius 1 is 1.14 bits per heavy atom. The summed E-state index contributed by atoms with van der Waals surface area (Å²) in [5.74, 6) is 0.544. The Morgan fingerprint density at radius 3 is 2.54 bits per heavy atom. The highest BCUT2D eigenvalue weighted by molar-refractivity contribution is 6.09. The van der Waals surface area contributed by atoms with Gasteiger partial charge in [-0.15, -0.1) is 0 Å². The third-order valence-corrected chi connectivity index (χ3v) is 5.00. The topological polar surface area (TPSA) is 91.4 Å². The maximum atomic E-state index is 13.4. The summed E-state index contributed by atoms with van der Waals surface area (Å²) < 4.78 is 27.6. The summed E-state index contributed by atoms with van der Waals surface area (Å²) in [6.45, 7) is 4.18. The largest absolute Gasteiger partial charge is 0.495 e. The molecule has 1 fully saturated rings. The number of aryl methyl sites for hydroxylation is 1. The van der Waals surface area contributed by atoms with Gasteiger partial charge in [0, 0.05) is 13.1 Å². The van der Waals surface area contributed by atoms with Gasteiger partial charge in [-0.2, -0.15) is 0 Å². The zero-order valence-electron chi connectivity index (χ0n) is 16.0. The Hall–Kier alpha value is -2.84. The lowest BCUT2D eigenvalue weighted by Crippen LogP contribution is -2.40. The van der Waals surface area contributed by atoms with Crippen LogP contribution in [0.25, 0.3) is 21.9 Å². The van der Waals surface area contributed by atoms with Gasteiger partial charge in [-0.25, -0.2) is 0 Å². The Balaban J connectivity index is 1.93. The lowest BCUT2D eigenvalue weighted by molar-refractivity contribution is 0.0370. The number of ketones is 1. The first kappa shape index (κ1) is 18.5. The zero-order valence-corrected chi connectivity index (χ0v) is 16.0. The molecule has 0 atom stereocenters. The van der Waals surface area contributed by atoms with E-state index in [-0.39, 0.29) is 34.6 Å². The number of ether oxygens (including phenoxy) is 3. The van der Waals surface area contributed by atoms with E-state index in [2.05, 4.69) is 0 Å². The molecule has 3 heterocycles. The van der Waals surface area contributed by atoms with Gasteiger partial charge < -0.3 is 23.0 Å². The molecule has 0 radical (unpaired) electrons. The highest BCUT2D eigenvalue weighted by Gasteiger charge is 2.28. The third-order valence-electron chi connectivity index (χ3n) is 5.00. The summed E-state index contributed by atoms with van der Waals surface area (Å²) in [5.41, 5.74) is 0.214. The molecule has 1 aliphatic heterocycles. The van der Waals surface area contributed by atoms with Gasteiger partial charge in [0.25, 0.3) is 0 Å².